The summed E-state index contributed by atoms with van der Waals surface area (Å²) >= 11 is 0. The molecule has 3 rings (SSSR count). The van der Waals surface area contributed by atoms with Gasteiger partial charge >= 0.3 is 0 Å². The highest BCUT2D eigenvalue weighted by molar-refractivity contribution is 5.98. The smallest absolute Gasteiger partial charge is 0.251 e. The van der Waals surface area contributed by atoms with Gasteiger partial charge in [-0.2, -0.15) is 0 Å². The number of nitrogens with one attached hydrogen (secondary N) is 3. The minimum absolute atomic E-state index is 0.0971. The molecule has 1 unspecified atom stereocenters. The number of unbranched alkanes of at least 4 members (excludes halogenated alkanes) is 1. The molecule has 3 aromatic carbocycles. The van der Waals surface area contributed by atoms with Crippen LogP contribution in [0.25, 0.3) is 0 Å². The molecular weight excluding hydrogens is 414 g/mol. The van der Waals surface area contributed by atoms with Gasteiger partial charge in [0.15, 0.2) is 0 Å². The highest BCUT2D eigenvalue weighted by Gasteiger charge is 2.12. The maximum absolute atomic E-state index is 12.7. The lowest BCUT2D eigenvalue weighted by atomic mass is 10.1. The van der Waals surface area contributed by atoms with Crippen molar-refractivity contribution in [2.75, 3.05) is 23.8 Å². The van der Waals surface area contributed by atoms with Gasteiger partial charge < -0.3 is 20.7 Å². The number of carbonyl (C=O) groups excluding carboxylic acids is 2. The first-order valence-corrected chi connectivity index (χ1v) is 11.3. The molecule has 0 aliphatic heterocycles. The third-order valence-electron chi connectivity index (χ3n) is 5.11. The summed E-state index contributed by atoms with van der Waals surface area (Å²) in [5.74, 6) is 0.375. The molecule has 172 valence electrons. The van der Waals surface area contributed by atoms with E-state index in [0.29, 0.717) is 17.9 Å². The summed E-state index contributed by atoms with van der Waals surface area (Å²) in [4.78, 5) is 25.1. The zero-order valence-electron chi connectivity index (χ0n) is 19.1. The highest BCUT2D eigenvalue weighted by atomic mass is 16.5. The molecule has 0 saturated heterocycles. The Balaban J connectivity index is 1.52. The molecule has 0 aliphatic rings. The number of hydrogen-bond acceptors (Lipinski definition) is 4. The van der Waals surface area contributed by atoms with E-state index in [4.69, 9.17) is 4.74 Å². The second kappa shape index (κ2) is 12.3. The van der Waals surface area contributed by atoms with E-state index in [1.807, 2.05) is 61.5 Å². The Morgan fingerprint density at radius 2 is 1.67 bits per heavy atom. The third kappa shape index (κ3) is 7.68. The minimum atomic E-state index is -0.206. The zero-order valence-corrected chi connectivity index (χ0v) is 19.1. The van der Waals surface area contributed by atoms with Crippen LogP contribution in [0, 0.1) is 0 Å². The fourth-order valence-corrected chi connectivity index (χ4v) is 3.26. The van der Waals surface area contributed by atoms with Crippen molar-refractivity contribution in [2.24, 2.45) is 0 Å². The zero-order chi connectivity index (χ0) is 23.5. The first-order valence-electron chi connectivity index (χ1n) is 11.3. The summed E-state index contributed by atoms with van der Waals surface area (Å²) in [6, 6.07) is 24.1. The molecule has 0 aromatic heterocycles. The number of hydrogen-bond donors (Lipinski definition) is 3. The van der Waals surface area contributed by atoms with E-state index in [1.54, 1.807) is 24.3 Å². The maximum atomic E-state index is 12.7. The van der Waals surface area contributed by atoms with Crippen molar-refractivity contribution < 1.29 is 14.3 Å². The minimum Gasteiger partial charge on any atom is -0.494 e. The molecule has 33 heavy (non-hydrogen) atoms. The van der Waals surface area contributed by atoms with Crippen LogP contribution in [0.1, 0.15) is 48.7 Å². The van der Waals surface area contributed by atoms with Crippen LogP contribution in [0.15, 0.2) is 78.9 Å². The Bertz CT molecular complexity index is 1050. The van der Waals surface area contributed by atoms with Crippen molar-refractivity contribution in [3.63, 3.8) is 0 Å². The number of carbonyl (C=O) groups is 2. The molecule has 3 aromatic rings. The fraction of sp³-hybridized carbons (Fsp3) is 0.259. The highest BCUT2D eigenvalue weighted by Crippen LogP contribution is 2.18. The third-order valence-corrected chi connectivity index (χ3v) is 5.11. The second-order valence-electron chi connectivity index (χ2n) is 7.82. The van der Waals surface area contributed by atoms with E-state index in [9.17, 15) is 9.59 Å². The van der Waals surface area contributed by atoms with Gasteiger partial charge in [0.2, 0.25) is 5.91 Å². The Kier molecular flexibility index (Phi) is 8.88. The monoisotopic (exact) mass is 445 g/mol. The van der Waals surface area contributed by atoms with E-state index in [-0.39, 0.29) is 24.4 Å². The van der Waals surface area contributed by atoms with Crippen molar-refractivity contribution in [3.05, 3.63) is 90.0 Å². The predicted octanol–water partition coefficient (Wildman–Crippen LogP) is 5.41. The van der Waals surface area contributed by atoms with Crippen molar-refractivity contribution >= 4 is 23.2 Å². The number of rotatable bonds is 11. The Labute approximate surface area is 195 Å². The lowest BCUT2D eigenvalue weighted by Crippen LogP contribution is -2.27. The molecule has 1 atom stereocenters. The molecule has 0 radical (unpaired) electrons. The standard InChI is InChI=1S/C27H31N3O3/c1-3-4-16-33-25-15-9-13-23(18-25)28-19-26(31)30-24-14-8-12-22(17-24)27(32)29-20(2)21-10-6-5-7-11-21/h5-15,17-18,20,28H,3-4,16,19H2,1-2H3,(H,29,32)(H,30,31). The van der Waals surface area contributed by atoms with E-state index < -0.39 is 0 Å². The van der Waals surface area contributed by atoms with Gasteiger partial charge in [-0.15, -0.1) is 0 Å². The number of benzene rings is 3. The SMILES string of the molecule is CCCCOc1cccc(NCC(=O)Nc2cccc(C(=O)NC(C)c3ccccc3)c2)c1. The first-order chi connectivity index (χ1) is 16.0. The molecule has 3 N–H and O–H groups in total. The number of amides is 2. The molecule has 0 bridgehead atoms. The van der Waals surface area contributed by atoms with Gasteiger partial charge in [0.25, 0.3) is 5.91 Å². The summed E-state index contributed by atoms with van der Waals surface area (Å²) in [6.07, 6.45) is 2.08. The van der Waals surface area contributed by atoms with Crippen LogP contribution in [0.2, 0.25) is 0 Å². The largest absolute Gasteiger partial charge is 0.494 e. The lowest BCUT2D eigenvalue weighted by molar-refractivity contribution is -0.114. The quantitative estimate of drug-likeness (QED) is 0.345. The summed E-state index contributed by atoms with van der Waals surface area (Å²) in [5, 5.41) is 8.93. The molecule has 2 amide bonds. The predicted molar refractivity (Wildman–Crippen MR) is 133 cm³/mol. The second-order valence-corrected chi connectivity index (χ2v) is 7.82. The Hall–Kier alpha value is -3.80. The summed E-state index contributed by atoms with van der Waals surface area (Å²) in [7, 11) is 0. The lowest BCUT2D eigenvalue weighted by Gasteiger charge is -2.15. The molecule has 0 saturated carbocycles. The number of ether oxygens (including phenoxy) is 1. The van der Waals surface area contributed by atoms with Gasteiger partial charge in [-0.25, -0.2) is 0 Å². The Morgan fingerprint density at radius 1 is 0.909 bits per heavy atom. The topological polar surface area (TPSA) is 79.5 Å². The van der Waals surface area contributed by atoms with Crippen LogP contribution in [-0.2, 0) is 4.79 Å². The van der Waals surface area contributed by atoms with Crippen LogP contribution in [-0.4, -0.2) is 25.0 Å². The molecule has 6 nitrogen and oxygen atoms in total. The van der Waals surface area contributed by atoms with Gasteiger partial charge in [0, 0.05) is 23.0 Å². The average Bonchev–Trinajstić information content (AvgIpc) is 2.84. The van der Waals surface area contributed by atoms with Crippen molar-refractivity contribution in [1.82, 2.24) is 5.32 Å². The van der Waals surface area contributed by atoms with Crippen LogP contribution in [0.4, 0.5) is 11.4 Å². The average molecular weight is 446 g/mol. The van der Waals surface area contributed by atoms with Gasteiger partial charge in [0.05, 0.1) is 19.2 Å². The normalized spacial score (nSPS) is 11.3. The van der Waals surface area contributed by atoms with Crippen LogP contribution < -0.4 is 20.7 Å². The van der Waals surface area contributed by atoms with Crippen molar-refractivity contribution in [2.45, 2.75) is 32.7 Å². The molecule has 0 fully saturated rings. The fourth-order valence-electron chi connectivity index (χ4n) is 3.26. The van der Waals surface area contributed by atoms with E-state index >= 15 is 0 Å². The van der Waals surface area contributed by atoms with Gasteiger partial charge in [-0.1, -0.05) is 55.8 Å². The molecule has 0 spiro atoms. The van der Waals surface area contributed by atoms with E-state index in [1.165, 1.54) is 0 Å². The van der Waals surface area contributed by atoms with Crippen LogP contribution in [0.5, 0.6) is 5.75 Å². The van der Waals surface area contributed by atoms with Crippen molar-refractivity contribution in [3.8, 4) is 5.75 Å². The summed E-state index contributed by atoms with van der Waals surface area (Å²) in [6.45, 7) is 4.83. The van der Waals surface area contributed by atoms with Crippen LogP contribution in [0.3, 0.4) is 0 Å². The van der Waals surface area contributed by atoms with E-state index in [2.05, 4.69) is 22.9 Å². The van der Waals surface area contributed by atoms with Crippen molar-refractivity contribution in [1.29, 1.82) is 0 Å². The summed E-state index contributed by atoms with van der Waals surface area (Å²) < 4.78 is 5.70. The van der Waals surface area contributed by atoms with Gasteiger partial charge in [-0.3, -0.25) is 9.59 Å². The molecule has 0 heterocycles. The summed E-state index contributed by atoms with van der Waals surface area (Å²) in [5.41, 5.74) is 2.89. The number of anilines is 2. The molecule has 6 heteroatoms. The van der Waals surface area contributed by atoms with Gasteiger partial charge in [-0.05, 0) is 49.2 Å². The Morgan fingerprint density at radius 3 is 2.45 bits per heavy atom. The van der Waals surface area contributed by atoms with E-state index in [0.717, 1.165) is 29.8 Å². The first kappa shape index (κ1) is 23.9. The molecule has 0 aliphatic carbocycles. The van der Waals surface area contributed by atoms with Crippen LogP contribution >= 0.6 is 0 Å². The maximum Gasteiger partial charge on any atom is 0.251 e. The van der Waals surface area contributed by atoms with Gasteiger partial charge in [0.1, 0.15) is 5.75 Å². The molecular formula is C27H31N3O3.